The van der Waals surface area contributed by atoms with Crippen molar-refractivity contribution in [3.8, 4) is 5.75 Å². The summed E-state index contributed by atoms with van der Waals surface area (Å²) >= 11 is 5.96. The molecule has 0 aliphatic rings. The van der Waals surface area contributed by atoms with Crippen molar-refractivity contribution in [1.82, 2.24) is 4.57 Å². The second-order valence-corrected chi connectivity index (χ2v) is 8.66. The van der Waals surface area contributed by atoms with Gasteiger partial charge in [-0.05, 0) is 48.2 Å². The fourth-order valence-electron chi connectivity index (χ4n) is 3.82. The summed E-state index contributed by atoms with van der Waals surface area (Å²) in [5.74, 6) is -1.10. The zero-order chi connectivity index (χ0) is 23.2. The van der Waals surface area contributed by atoms with Crippen molar-refractivity contribution >= 4 is 22.5 Å². The number of aromatic hydroxyl groups is 1. The molecule has 1 heterocycles. The van der Waals surface area contributed by atoms with E-state index in [-0.39, 0.29) is 27.2 Å². The van der Waals surface area contributed by atoms with Gasteiger partial charge in [-0.1, -0.05) is 25.4 Å². The van der Waals surface area contributed by atoms with Gasteiger partial charge in [0, 0.05) is 28.2 Å². The highest BCUT2D eigenvalue weighted by molar-refractivity contribution is 6.31. The van der Waals surface area contributed by atoms with E-state index in [0.29, 0.717) is 0 Å². The molecule has 31 heavy (non-hydrogen) atoms. The average Bonchev–Trinajstić information content (AvgIpc) is 2.64. The number of alkyl halides is 3. The van der Waals surface area contributed by atoms with Crippen molar-refractivity contribution in [2.24, 2.45) is 0 Å². The van der Waals surface area contributed by atoms with Gasteiger partial charge < -0.3 is 14.8 Å². The molecule has 2 aromatic carbocycles. The predicted molar refractivity (Wildman–Crippen MR) is 110 cm³/mol. The minimum atomic E-state index is -5.07. The molecular formula is C22H20ClF4NO3. The summed E-state index contributed by atoms with van der Waals surface area (Å²) in [5.41, 5.74) is -5.05. The van der Waals surface area contributed by atoms with Crippen LogP contribution in [0.4, 0.5) is 17.6 Å². The normalized spacial score (nSPS) is 14.6. The molecule has 3 rings (SSSR count). The standard InChI is InChI=1S/C22H20ClF4NO3/c1-20(2,16-10-14(24)4-6-19(16)30)11-21(31,22(25,26)27)12-28-8-7-18(29)15-5-3-13(23)9-17(15)28/h3-10,30-31H,11-12H2,1-2H3. The molecule has 1 atom stereocenters. The number of fused-ring (bicyclic) bond motifs is 1. The number of phenols is 1. The second-order valence-electron chi connectivity index (χ2n) is 8.22. The third-order valence-electron chi connectivity index (χ3n) is 5.32. The molecule has 0 spiro atoms. The van der Waals surface area contributed by atoms with E-state index >= 15 is 0 Å². The number of phenolic OH excluding ortho intramolecular Hbond substituents is 1. The number of hydrogen-bond acceptors (Lipinski definition) is 3. The molecule has 0 bridgehead atoms. The number of pyridine rings is 1. The number of benzene rings is 2. The van der Waals surface area contributed by atoms with Gasteiger partial charge in [-0.3, -0.25) is 4.79 Å². The number of aliphatic hydroxyl groups is 1. The zero-order valence-corrected chi connectivity index (χ0v) is 17.4. The lowest BCUT2D eigenvalue weighted by atomic mass is 9.74. The third kappa shape index (κ3) is 4.55. The van der Waals surface area contributed by atoms with Crippen LogP contribution in [0.2, 0.25) is 5.02 Å². The van der Waals surface area contributed by atoms with Crippen LogP contribution in [0.15, 0.2) is 53.5 Å². The lowest BCUT2D eigenvalue weighted by Crippen LogP contribution is -2.52. The minimum Gasteiger partial charge on any atom is -0.508 e. The van der Waals surface area contributed by atoms with Gasteiger partial charge in [0.25, 0.3) is 0 Å². The Morgan fingerprint density at radius 1 is 1.06 bits per heavy atom. The van der Waals surface area contributed by atoms with E-state index in [9.17, 15) is 32.6 Å². The molecule has 0 radical (unpaired) electrons. The lowest BCUT2D eigenvalue weighted by molar-refractivity contribution is -0.271. The van der Waals surface area contributed by atoms with Crippen molar-refractivity contribution in [3.63, 3.8) is 0 Å². The Morgan fingerprint density at radius 2 is 1.74 bits per heavy atom. The van der Waals surface area contributed by atoms with Crippen molar-refractivity contribution in [2.45, 2.75) is 44.0 Å². The second kappa shape index (κ2) is 7.84. The first-order chi connectivity index (χ1) is 14.2. The Balaban J connectivity index is 2.10. The molecule has 2 N–H and O–H groups in total. The first kappa shape index (κ1) is 23.1. The van der Waals surface area contributed by atoms with E-state index < -0.39 is 41.4 Å². The quantitative estimate of drug-likeness (QED) is 0.520. The molecular weight excluding hydrogens is 438 g/mol. The van der Waals surface area contributed by atoms with Gasteiger partial charge in [-0.2, -0.15) is 13.2 Å². The van der Waals surface area contributed by atoms with Crippen molar-refractivity contribution in [3.05, 3.63) is 75.3 Å². The van der Waals surface area contributed by atoms with Gasteiger partial charge in [0.15, 0.2) is 11.0 Å². The maximum Gasteiger partial charge on any atom is 0.418 e. The van der Waals surface area contributed by atoms with Crippen LogP contribution in [-0.2, 0) is 12.0 Å². The van der Waals surface area contributed by atoms with E-state index in [0.717, 1.165) is 35.0 Å². The minimum absolute atomic E-state index is 0.0667. The van der Waals surface area contributed by atoms with Crippen LogP contribution in [0.25, 0.3) is 10.9 Å². The fraction of sp³-hybridized carbons (Fsp3) is 0.318. The monoisotopic (exact) mass is 457 g/mol. The zero-order valence-electron chi connectivity index (χ0n) is 16.7. The Morgan fingerprint density at radius 3 is 2.39 bits per heavy atom. The number of aromatic nitrogens is 1. The smallest absolute Gasteiger partial charge is 0.418 e. The molecule has 166 valence electrons. The molecule has 1 unspecified atom stereocenters. The predicted octanol–water partition coefficient (Wildman–Crippen LogP) is 5.16. The van der Waals surface area contributed by atoms with E-state index in [2.05, 4.69) is 0 Å². The molecule has 4 nitrogen and oxygen atoms in total. The van der Waals surface area contributed by atoms with E-state index in [1.165, 1.54) is 32.0 Å². The van der Waals surface area contributed by atoms with Crippen LogP contribution in [0.3, 0.4) is 0 Å². The molecule has 9 heteroatoms. The highest BCUT2D eigenvalue weighted by Crippen LogP contribution is 2.44. The summed E-state index contributed by atoms with van der Waals surface area (Å²) in [6.07, 6.45) is -4.79. The Labute approximate surface area is 180 Å². The summed E-state index contributed by atoms with van der Waals surface area (Å²) < 4.78 is 57.1. The van der Waals surface area contributed by atoms with Crippen molar-refractivity contribution < 1.29 is 27.8 Å². The summed E-state index contributed by atoms with van der Waals surface area (Å²) in [6.45, 7) is 1.81. The summed E-state index contributed by atoms with van der Waals surface area (Å²) in [5, 5.41) is 21.3. The van der Waals surface area contributed by atoms with Gasteiger partial charge in [0.05, 0.1) is 12.1 Å². The van der Waals surface area contributed by atoms with E-state index in [4.69, 9.17) is 11.6 Å². The van der Waals surface area contributed by atoms with Crippen LogP contribution in [0.1, 0.15) is 25.8 Å². The summed E-state index contributed by atoms with van der Waals surface area (Å²) in [7, 11) is 0. The van der Waals surface area contributed by atoms with E-state index in [1.54, 1.807) is 0 Å². The molecule has 3 aromatic rings. The van der Waals surface area contributed by atoms with Crippen molar-refractivity contribution in [1.29, 1.82) is 0 Å². The first-order valence-electron chi connectivity index (χ1n) is 9.30. The van der Waals surface area contributed by atoms with Crippen LogP contribution in [-0.4, -0.2) is 26.6 Å². The van der Waals surface area contributed by atoms with E-state index in [1.807, 2.05) is 0 Å². The molecule has 1 aromatic heterocycles. The van der Waals surface area contributed by atoms with Crippen molar-refractivity contribution in [2.75, 3.05) is 0 Å². The molecule has 0 amide bonds. The van der Waals surface area contributed by atoms with Crippen LogP contribution in [0.5, 0.6) is 5.75 Å². The van der Waals surface area contributed by atoms with Crippen LogP contribution >= 0.6 is 11.6 Å². The van der Waals surface area contributed by atoms with Crippen LogP contribution < -0.4 is 5.43 Å². The Kier molecular flexibility index (Phi) is 5.84. The number of halogens is 5. The third-order valence-corrected chi connectivity index (χ3v) is 5.56. The topological polar surface area (TPSA) is 62.5 Å². The Hall–Kier alpha value is -2.58. The van der Waals surface area contributed by atoms with Crippen LogP contribution in [0, 0.1) is 5.82 Å². The maximum atomic E-state index is 14.1. The van der Waals surface area contributed by atoms with Gasteiger partial charge in [-0.15, -0.1) is 0 Å². The fourth-order valence-corrected chi connectivity index (χ4v) is 3.99. The number of hydrogen-bond donors (Lipinski definition) is 2. The lowest BCUT2D eigenvalue weighted by Gasteiger charge is -2.38. The largest absolute Gasteiger partial charge is 0.508 e. The molecule has 0 saturated heterocycles. The summed E-state index contributed by atoms with van der Waals surface area (Å²) in [4.78, 5) is 12.1. The average molecular weight is 458 g/mol. The SMILES string of the molecule is CC(C)(CC(O)(Cn1ccc(=O)c2ccc(Cl)cc21)C(F)(F)F)c1cc(F)ccc1O. The van der Waals surface area contributed by atoms with Gasteiger partial charge >= 0.3 is 6.18 Å². The van der Waals surface area contributed by atoms with Gasteiger partial charge in [-0.25, -0.2) is 4.39 Å². The maximum absolute atomic E-state index is 14.1. The molecule has 0 aliphatic heterocycles. The highest BCUT2D eigenvalue weighted by Gasteiger charge is 2.56. The summed E-state index contributed by atoms with van der Waals surface area (Å²) in [6, 6.07) is 8.28. The highest BCUT2D eigenvalue weighted by atomic mass is 35.5. The molecule has 0 fully saturated rings. The van der Waals surface area contributed by atoms with Gasteiger partial charge in [0.1, 0.15) is 11.6 Å². The number of rotatable bonds is 5. The van der Waals surface area contributed by atoms with Gasteiger partial charge in [0.2, 0.25) is 0 Å². The molecule has 0 aliphatic carbocycles. The number of nitrogens with zero attached hydrogens (tertiary/aromatic N) is 1. The Bertz CT molecular complexity index is 1190. The first-order valence-corrected chi connectivity index (χ1v) is 9.68. The molecule has 0 saturated carbocycles.